The van der Waals surface area contributed by atoms with E-state index >= 15 is 0 Å². The fourth-order valence-corrected chi connectivity index (χ4v) is 3.03. The molecule has 1 aromatic heterocycles. The fraction of sp³-hybridized carbons (Fsp3) is 0.412. The lowest BCUT2D eigenvalue weighted by Crippen LogP contribution is -2.20. The van der Waals surface area contributed by atoms with E-state index in [4.69, 9.17) is 0 Å². The topological polar surface area (TPSA) is 56.2 Å². The van der Waals surface area contributed by atoms with E-state index in [0.29, 0.717) is 5.82 Å². The molecule has 1 saturated carbocycles. The van der Waals surface area contributed by atoms with Crippen LogP contribution in [0.25, 0.3) is 0 Å². The molecule has 3 rings (SSSR count). The van der Waals surface area contributed by atoms with Gasteiger partial charge in [-0.15, -0.1) is 0 Å². The minimum absolute atomic E-state index is 0.0431. The molecule has 0 spiro atoms. The summed E-state index contributed by atoms with van der Waals surface area (Å²) < 4.78 is 30.7. The number of hydrogen-bond donors (Lipinski definition) is 1. The lowest BCUT2D eigenvalue weighted by molar-refractivity contribution is -0.0498. The average molecular weight is 335 g/mol. The number of nitrogens with zero attached hydrogens (tertiary/aromatic N) is 2. The van der Waals surface area contributed by atoms with Crippen molar-refractivity contribution in [2.45, 2.75) is 44.8 Å². The Balaban J connectivity index is 1.72. The first-order valence-electron chi connectivity index (χ1n) is 8.03. The number of halogens is 2. The first-order valence-corrected chi connectivity index (χ1v) is 8.03. The Bertz CT molecular complexity index is 697. The number of carbonyl (C=O) groups is 1. The SMILES string of the molecule is O=C(Nc1ccnn1C1CCCCC1)c1cccc(OC(F)F)c1. The summed E-state index contributed by atoms with van der Waals surface area (Å²) >= 11 is 0. The predicted octanol–water partition coefficient (Wildman–Crippen LogP) is 4.24. The highest BCUT2D eigenvalue weighted by molar-refractivity contribution is 6.04. The number of alkyl halides is 2. The Hall–Kier alpha value is -2.44. The number of rotatable bonds is 5. The maximum Gasteiger partial charge on any atom is 0.387 e. The van der Waals surface area contributed by atoms with Crippen LogP contribution < -0.4 is 10.1 Å². The van der Waals surface area contributed by atoms with Crippen molar-refractivity contribution in [2.24, 2.45) is 0 Å². The van der Waals surface area contributed by atoms with Crippen molar-refractivity contribution >= 4 is 11.7 Å². The van der Waals surface area contributed by atoms with Crippen LogP contribution in [-0.4, -0.2) is 22.3 Å². The summed E-state index contributed by atoms with van der Waals surface area (Å²) in [6, 6.07) is 7.77. The molecule has 0 bridgehead atoms. The molecular weight excluding hydrogens is 316 g/mol. The van der Waals surface area contributed by atoms with Gasteiger partial charge in [0.2, 0.25) is 0 Å². The zero-order valence-electron chi connectivity index (χ0n) is 13.1. The maximum atomic E-state index is 12.4. The number of ether oxygens (including phenoxy) is 1. The highest BCUT2D eigenvalue weighted by atomic mass is 19.3. The Morgan fingerprint density at radius 3 is 2.79 bits per heavy atom. The van der Waals surface area contributed by atoms with Crippen molar-refractivity contribution in [1.82, 2.24) is 9.78 Å². The van der Waals surface area contributed by atoms with Crippen molar-refractivity contribution in [3.8, 4) is 5.75 Å². The van der Waals surface area contributed by atoms with E-state index in [1.807, 2.05) is 4.68 Å². The van der Waals surface area contributed by atoms with Gasteiger partial charge in [0.25, 0.3) is 5.91 Å². The fourth-order valence-electron chi connectivity index (χ4n) is 3.03. The minimum atomic E-state index is -2.92. The van der Waals surface area contributed by atoms with Crippen LogP contribution in [0.3, 0.4) is 0 Å². The number of anilines is 1. The third-order valence-corrected chi connectivity index (χ3v) is 4.15. The molecule has 5 nitrogen and oxygen atoms in total. The summed E-state index contributed by atoms with van der Waals surface area (Å²) in [5.41, 5.74) is 0.254. The second-order valence-corrected chi connectivity index (χ2v) is 5.81. The van der Waals surface area contributed by atoms with Gasteiger partial charge in [0.05, 0.1) is 12.2 Å². The van der Waals surface area contributed by atoms with Crippen molar-refractivity contribution < 1.29 is 18.3 Å². The molecule has 1 amide bonds. The Morgan fingerprint density at radius 1 is 1.25 bits per heavy atom. The highest BCUT2D eigenvalue weighted by Gasteiger charge is 2.19. The molecule has 2 aromatic rings. The van der Waals surface area contributed by atoms with Gasteiger partial charge in [-0.25, -0.2) is 4.68 Å². The number of amides is 1. The van der Waals surface area contributed by atoms with Crippen LogP contribution in [0.1, 0.15) is 48.5 Å². The predicted molar refractivity (Wildman–Crippen MR) is 85.4 cm³/mol. The lowest BCUT2D eigenvalue weighted by Gasteiger charge is -2.23. The van der Waals surface area contributed by atoms with Crippen LogP contribution in [0.5, 0.6) is 5.75 Å². The van der Waals surface area contributed by atoms with Crippen LogP contribution in [0.15, 0.2) is 36.5 Å². The number of carbonyl (C=O) groups excluding carboxylic acids is 1. The molecule has 0 aliphatic heterocycles. The molecule has 24 heavy (non-hydrogen) atoms. The maximum absolute atomic E-state index is 12.4. The molecule has 0 saturated heterocycles. The number of benzene rings is 1. The summed E-state index contributed by atoms with van der Waals surface area (Å²) in [4.78, 5) is 12.4. The molecule has 0 radical (unpaired) electrons. The van der Waals surface area contributed by atoms with E-state index in [-0.39, 0.29) is 23.3 Å². The number of hydrogen-bond acceptors (Lipinski definition) is 3. The Kier molecular flexibility index (Phi) is 5.08. The second-order valence-electron chi connectivity index (χ2n) is 5.81. The third kappa shape index (κ3) is 3.90. The zero-order chi connectivity index (χ0) is 16.9. The third-order valence-electron chi connectivity index (χ3n) is 4.15. The van der Waals surface area contributed by atoms with Crippen molar-refractivity contribution in [2.75, 3.05) is 5.32 Å². The van der Waals surface area contributed by atoms with Gasteiger partial charge in [-0.3, -0.25) is 4.79 Å². The van der Waals surface area contributed by atoms with Gasteiger partial charge in [0, 0.05) is 11.6 Å². The molecule has 0 atom stereocenters. The normalized spacial score (nSPS) is 15.5. The molecule has 1 N–H and O–H groups in total. The molecular formula is C17H19F2N3O2. The van der Waals surface area contributed by atoms with E-state index < -0.39 is 6.61 Å². The van der Waals surface area contributed by atoms with Gasteiger partial charge in [0.1, 0.15) is 11.6 Å². The van der Waals surface area contributed by atoms with E-state index in [1.54, 1.807) is 18.3 Å². The van der Waals surface area contributed by atoms with Crippen molar-refractivity contribution in [1.29, 1.82) is 0 Å². The van der Waals surface area contributed by atoms with Crippen molar-refractivity contribution in [3.05, 3.63) is 42.1 Å². The monoisotopic (exact) mass is 335 g/mol. The molecule has 1 aromatic carbocycles. The summed E-state index contributed by atoms with van der Waals surface area (Å²) in [6.07, 6.45) is 7.29. The first-order chi connectivity index (χ1) is 11.6. The average Bonchev–Trinajstić information content (AvgIpc) is 3.03. The smallest absolute Gasteiger partial charge is 0.387 e. The second kappa shape index (κ2) is 7.42. The molecule has 1 heterocycles. The minimum Gasteiger partial charge on any atom is -0.435 e. The van der Waals surface area contributed by atoms with Gasteiger partial charge in [0.15, 0.2) is 0 Å². The summed E-state index contributed by atoms with van der Waals surface area (Å²) in [6.45, 7) is -2.92. The largest absolute Gasteiger partial charge is 0.435 e. The molecule has 1 fully saturated rings. The van der Waals surface area contributed by atoms with Crippen LogP contribution in [0.2, 0.25) is 0 Å². The van der Waals surface area contributed by atoms with E-state index in [2.05, 4.69) is 15.2 Å². The van der Waals surface area contributed by atoms with E-state index in [9.17, 15) is 13.6 Å². The highest BCUT2D eigenvalue weighted by Crippen LogP contribution is 2.30. The van der Waals surface area contributed by atoms with Crippen LogP contribution >= 0.6 is 0 Å². The summed E-state index contributed by atoms with van der Waals surface area (Å²) in [5.74, 6) is 0.192. The van der Waals surface area contributed by atoms with E-state index in [1.165, 1.54) is 24.6 Å². The molecule has 7 heteroatoms. The van der Waals surface area contributed by atoms with Gasteiger partial charge in [-0.1, -0.05) is 25.3 Å². The zero-order valence-corrected chi connectivity index (χ0v) is 13.1. The number of nitrogens with one attached hydrogen (secondary N) is 1. The Labute approximate surface area is 138 Å². The summed E-state index contributed by atoms with van der Waals surface area (Å²) in [7, 11) is 0. The van der Waals surface area contributed by atoms with Gasteiger partial charge < -0.3 is 10.1 Å². The molecule has 128 valence electrons. The summed E-state index contributed by atoms with van der Waals surface area (Å²) in [5, 5.41) is 7.12. The molecule has 1 aliphatic rings. The van der Waals surface area contributed by atoms with Crippen molar-refractivity contribution in [3.63, 3.8) is 0 Å². The lowest BCUT2D eigenvalue weighted by atomic mass is 9.96. The number of aromatic nitrogens is 2. The van der Waals surface area contributed by atoms with E-state index in [0.717, 1.165) is 25.7 Å². The van der Waals surface area contributed by atoms with Gasteiger partial charge in [-0.2, -0.15) is 13.9 Å². The quantitative estimate of drug-likeness (QED) is 0.889. The molecule has 1 aliphatic carbocycles. The van der Waals surface area contributed by atoms with Crippen LogP contribution in [0.4, 0.5) is 14.6 Å². The van der Waals surface area contributed by atoms with Crippen LogP contribution in [0, 0.1) is 0 Å². The molecule has 0 unspecified atom stereocenters. The van der Waals surface area contributed by atoms with Gasteiger partial charge >= 0.3 is 6.61 Å². The van der Waals surface area contributed by atoms with Gasteiger partial charge in [-0.05, 0) is 31.0 Å². The Morgan fingerprint density at radius 2 is 2.04 bits per heavy atom. The standard InChI is InChI=1S/C17H19F2N3O2/c18-17(19)24-14-8-4-5-12(11-14)16(23)21-15-9-10-20-22(15)13-6-2-1-3-7-13/h4-5,8-11,13,17H,1-3,6-7H2,(H,21,23). The first kappa shape index (κ1) is 16.4. The van der Waals surface area contributed by atoms with Crippen LogP contribution in [-0.2, 0) is 0 Å².